The maximum absolute atomic E-state index is 2.73. The van der Waals surface area contributed by atoms with Crippen LogP contribution in [-0.2, 0) is 0 Å². The maximum atomic E-state index is 2.73. The highest BCUT2D eigenvalue weighted by molar-refractivity contribution is 5.01. The van der Waals surface area contributed by atoms with Gasteiger partial charge in [-0.1, -0.05) is 27.7 Å². The molecule has 2 heterocycles. The van der Waals surface area contributed by atoms with Crippen molar-refractivity contribution in [3.05, 3.63) is 0 Å². The summed E-state index contributed by atoms with van der Waals surface area (Å²) in [6, 6.07) is 0. The van der Waals surface area contributed by atoms with Crippen LogP contribution < -0.4 is 0 Å². The fraction of sp³-hybridized carbons (Fsp3) is 1.00. The second-order valence-corrected chi connectivity index (χ2v) is 4.44. The van der Waals surface area contributed by atoms with Crippen LogP contribution in [0.3, 0.4) is 0 Å². The Morgan fingerprint density at radius 2 is 2.08 bits per heavy atom. The van der Waals surface area contributed by atoms with Crippen LogP contribution in [0.15, 0.2) is 0 Å². The Hall–Kier alpha value is -0.0400. The largest absolute Gasteiger partial charge is 0.297 e. The third-order valence-electron chi connectivity index (χ3n) is 3.66. The minimum Gasteiger partial charge on any atom is -0.297 e. The Morgan fingerprint density at radius 1 is 1.38 bits per heavy atom. The van der Waals surface area contributed by atoms with Gasteiger partial charge in [0.25, 0.3) is 0 Å². The molecule has 13 heavy (non-hydrogen) atoms. The number of rotatable bonds is 1. The van der Waals surface area contributed by atoms with E-state index < -0.39 is 0 Å². The van der Waals surface area contributed by atoms with Crippen molar-refractivity contribution in [1.82, 2.24) is 4.90 Å². The highest BCUT2D eigenvalue weighted by Crippen LogP contribution is 2.43. The summed E-state index contributed by atoms with van der Waals surface area (Å²) in [4.78, 5) is 2.73. The van der Waals surface area contributed by atoms with Gasteiger partial charge in [-0.05, 0) is 38.1 Å². The van der Waals surface area contributed by atoms with Crippen LogP contribution in [0.25, 0.3) is 0 Å². The lowest BCUT2D eigenvalue weighted by molar-refractivity contribution is 0.189. The van der Waals surface area contributed by atoms with E-state index in [1.54, 1.807) is 0 Å². The first-order valence-electron chi connectivity index (χ1n) is 6.02. The molecule has 0 spiro atoms. The molecule has 78 valence electrons. The molecule has 0 bridgehead atoms. The zero-order valence-corrected chi connectivity index (χ0v) is 9.77. The average Bonchev–Trinajstić information content (AvgIpc) is 2.64. The maximum Gasteiger partial charge on any atom is 0.0210 e. The van der Waals surface area contributed by atoms with Crippen molar-refractivity contribution < 1.29 is 0 Å². The lowest BCUT2D eigenvalue weighted by Crippen LogP contribution is -2.37. The zero-order valence-electron chi connectivity index (χ0n) is 9.77. The lowest BCUT2D eigenvalue weighted by Gasteiger charge is -2.30. The van der Waals surface area contributed by atoms with Crippen molar-refractivity contribution in [2.75, 3.05) is 13.1 Å². The van der Waals surface area contributed by atoms with Crippen molar-refractivity contribution in [2.24, 2.45) is 5.92 Å². The standard InChI is InChI=1S/C10H19N.C2H6/c1-3-10-5-4-6-11(10)8-9(2)7-10;1-2/h9H,3-8H2,1-2H3;1-2H3/t9?,10-;/m0./s1. The summed E-state index contributed by atoms with van der Waals surface area (Å²) in [5.41, 5.74) is 0.652. The van der Waals surface area contributed by atoms with Gasteiger partial charge in [0.1, 0.15) is 0 Å². The van der Waals surface area contributed by atoms with Gasteiger partial charge in [-0.3, -0.25) is 4.90 Å². The average molecular weight is 183 g/mol. The molecule has 0 N–H and O–H groups in total. The summed E-state index contributed by atoms with van der Waals surface area (Å²) in [7, 11) is 0. The van der Waals surface area contributed by atoms with Gasteiger partial charge >= 0.3 is 0 Å². The Bertz CT molecular complexity index is 155. The van der Waals surface area contributed by atoms with E-state index in [2.05, 4.69) is 18.7 Å². The van der Waals surface area contributed by atoms with Crippen LogP contribution in [-0.4, -0.2) is 23.5 Å². The highest BCUT2D eigenvalue weighted by Gasteiger charge is 2.45. The molecule has 0 saturated carbocycles. The smallest absolute Gasteiger partial charge is 0.0210 e. The fourth-order valence-corrected chi connectivity index (χ4v) is 3.14. The van der Waals surface area contributed by atoms with Crippen LogP contribution in [0.5, 0.6) is 0 Å². The number of hydrogen-bond donors (Lipinski definition) is 0. The second-order valence-electron chi connectivity index (χ2n) is 4.44. The Labute approximate surface area is 83.5 Å². The lowest BCUT2D eigenvalue weighted by atomic mass is 9.88. The van der Waals surface area contributed by atoms with Gasteiger partial charge in [-0.2, -0.15) is 0 Å². The van der Waals surface area contributed by atoms with E-state index in [0.29, 0.717) is 5.54 Å². The van der Waals surface area contributed by atoms with Crippen molar-refractivity contribution in [3.63, 3.8) is 0 Å². The van der Waals surface area contributed by atoms with Gasteiger partial charge in [0.05, 0.1) is 0 Å². The first kappa shape index (κ1) is 11.0. The molecule has 0 aromatic rings. The Balaban J connectivity index is 0.000000396. The minimum atomic E-state index is 0.652. The molecule has 0 aromatic carbocycles. The second kappa shape index (κ2) is 4.45. The van der Waals surface area contributed by atoms with Gasteiger partial charge in [-0.15, -0.1) is 0 Å². The van der Waals surface area contributed by atoms with Crippen LogP contribution in [0.2, 0.25) is 0 Å². The number of hydrogen-bond acceptors (Lipinski definition) is 1. The summed E-state index contributed by atoms with van der Waals surface area (Å²) < 4.78 is 0. The molecule has 2 rings (SSSR count). The van der Waals surface area contributed by atoms with Gasteiger partial charge in [-0.25, -0.2) is 0 Å². The minimum absolute atomic E-state index is 0.652. The molecule has 2 saturated heterocycles. The quantitative estimate of drug-likeness (QED) is 0.603. The van der Waals surface area contributed by atoms with Crippen LogP contribution in [0, 0.1) is 5.92 Å². The molecule has 2 fully saturated rings. The van der Waals surface area contributed by atoms with E-state index in [4.69, 9.17) is 0 Å². The van der Waals surface area contributed by atoms with Crippen molar-refractivity contribution in [3.8, 4) is 0 Å². The number of nitrogens with zero attached hydrogens (tertiary/aromatic N) is 1. The normalized spacial score (nSPS) is 38.3. The summed E-state index contributed by atoms with van der Waals surface area (Å²) in [6.07, 6.45) is 5.75. The predicted molar refractivity (Wildman–Crippen MR) is 59.0 cm³/mol. The number of fused-ring (bicyclic) bond motifs is 1. The Morgan fingerprint density at radius 3 is 2.62 bits per heavy atom. The molecule has 1 heteroatoms. The van der Waals surface area contributed by atoms with E-state index >= 15 is 0 Å². The molecule has 0 aromatic heterocycles. The third kappa shape index (κ3) is 1.90. The molecular weight excluding hydrogens is 158 g/mol. The zero-order chi connectivity index (χ0) is 9.90. The molecule has 2 atom stereocenters. The third-order valence-corrected chi connectivity index (χ3v) is 3.66. The summed E-state index contributed by atoms with van der Waals surface area (Å²) in [5.74, 6) is 0.954. The fourth-order valence-electron chi connectivity index (χ4n) is 3.14. The van der Waals surface area contributed by atoms with Crippen LogP contribution >= 0.6 is 0 Å². The van der Waals surface area contributed by atoms with Crippen LogP contribution in [0.1, 0.15) is 53.4 Å². The van der Waals surface area contributed by atoms with E-state index in [1.165, 1.54) is 38.8 Å². The van der Waals surface area contributed by atoms with Crippen molar-refractivity contribution in [1.29, 1.82) is 0 Å². The Kier molecular flexibility index (Phi) is 3.78. The van der Waals surface area contributed by atoms with E-state index in [0.717, 1.165) is 5.92 Å². The molecule has 0 amide bonds. The first-order chi connectivity index (χ1) is 6.27. The topological polar surface area (TPSA) is 3.24 Å². The molecule has 2 aliphatic rings. The summed E-state index contributed by atoms with van der Waals surface area (Å²) in [6.45, 7) is 11.5. The van der Waals surface area contributed by atoms with Gasteiger partial charge < -0.3 is 0 Å². The molecule has 0 aliphatic carbocycles. The molecule has 1 nitrogen and oxygen atoms in total. The van der Waals surface area contributed by atoms with Gasteiger partial charge in [0, 0.05) is 12.1 Å². The van der Waals surface area contributed by atoms with Crippen LogP contribution in [0.4, 0.5) is 0 Å². The van der Waals surface area contributed by atoms with E-state index in [1.807, 2.05) is 13.8 Å². The molecule has 2 aliphatic heterocycles. The molecular formula is C12H25N. The first-order valence-corrected chi connectivity index (χ1v) is 6.02. The van der Waals surface area contributed by atoms with Crippen molar-refractivity contribution >= 4 is 0 Å². The molecule has 1 unspecified atom stereocenters. The SMILES string of the molecule is CC.CC[C@@]12CCCN1CC(C)C2. The van der Waals surface area contributed by atoms with Crippen molar-refractivity contribution in [2.45, 2.75) is 58.9 Å². The highest BCUT2D eigenvalue weighted by atomic mass is 15.2. The summed E-state index contributed by atoms with van der Waals surface area (Å²) >= 11 is 0. The van der Waals surface area contributed by atoms with Gasteiger partial charge in [0.15, 0.2) is 0 Å². The summed E-state index contributed by atoms with van der Waals surface area (Å²) in [5, 5.41) is 0. The van der Waals surface area contributed by atoms with E-state index in [9.17, 15) is 0 Å². The van der Waals surface area contributed by atoms with Gasteiger partial charge in [0.2, 0.25) is 0 Å². The molecule has 0 radical (unpaired) electrons. The van der Waals surface area contributed by atoms with E-state index in [-0.39, 0.29) is 0 Å². The monoisotopic (exact) mass is 183 g/mol. The predicted octanol–water partition coefficient (Wildman–Crippen LogP) is 3.30.